The van der Waals surface area contributed by atoms with Crippen molar-refractivity contribution in [3.05, 3.63) is 36.3 Å². The molecule has 106 valence electrons. The molecular formula is C13H18N6O. The van der Waals surface area contributed by atoms with Gasteiger partial charge in [-0.2, -0.15) is 0 Å². The van der Waals surface area contributed by atoms with E-state index in [-0.39, 0.29) is 5.91 Å². The molecular weight excluding hydrogens is 256 g/mol. The first-order chi connectivity index (χ1) is 9.81. The summed E-state index contributed by atoms with van der Waals surface area (Å²) in [4.78, 5) is 16.3. The molecule has 20 heavy (non-hydrogen) atoms. The van der Waals surface area contributed by atoms with Gasteiger partial charge >= 0.3 is 0 Å². The molecule has 0 aromatic carbocycles. The van der Waals surface area contributed by atoms with Gasteiger partial charge < -0.3 is 10.6 Å². The molecule has 7 nitrogen and oxygen atoms in total. The van der Waals surface area contributed by atoms with Crippen LogP contribution in [0.2, 0.25) is 0 Å². The van der Waals surface area contributed by atoms with Crippen LogP contribution in [0.1, 0.15) is 23.7 Å². The molecule has 1 amide bonds. The van der Waals surface area contributed by atoms with Gasteiger partial charge in [0.15, 0.2) is 0 Å². The summed E-state index contributed by atoms with van der Waals surface area (Å²) in [5, 5.41) is 13.5. The van der Waals surface area contributed by atoms with Crippen molar-refractivity contribution >= 4 is 11.7 Å². The molecule has 0 bridgehead atoms. The van der Waals surface area contributed by atoms with Crippen LogP contribution in [0.3, 0.4) is 0 Å². The first-order valence-electron chi connectivity index (χ1n) is 6.62. The third kappa shape index (κ3) is 3.78. The number of rotatable bonds is 7. The Kier molecular flexibility index (Phi) is 5.05. The second kappa shape index (κ2) is 7.22. The van der Waals surface area contributed by atoms with Crippen molar-refractivity contribution in [1.29, 1.82) is 0 Å². The van der Waals surface area contributed by atoms with E-state index in [0.29, 0.717) is 24.5 Å². The second-order valence-corrected chi connectivity index (χ2v) is 4.25. The first kappa shape index (κ1) is 14.0. The van der Waals surface area contributed by atoms with Crippen LogP contribution in [0.5, 0.6) is 0 Å². The van der Waals surface area contributed by atoms with Crippen molar-refractivity contribution in [3.63, 3.8) is 0 Å². The van der Waals surface area contributed by atoms with E-state index in [2.05, 4.69) is 32.9 Å². The second-order valence-electron chi connectivity index (χ2n) is 4.25. The van der Waals surface area contributed by atoms with Crippen LogP contribution < -0.4 is 10.6 Å². The number of nitrogens with one attached hydrogen (secondary N) is 2. The van der Waals surface area contributed by atoms with E-state index in [0.717, 1.165) is 13.0 Å². The molecule has 2 aromatic rings. The topological polar surface area (TPSA) is 84.7 Å². The van der Waals surface area contributed by atoms with Gasteiger partial charge in [-0.25, -0.2) is 4.98 Å². The Morgan fingerprint density at radius 1 is 1.35 bits per heavy atom. The fraction of sp³-hybridized carbons (Fsp3) is 0.385. The molecule has 2 aromatic heterocycles. The molecule has 0 aliphatic carbocycles. The Bertz CT molecular complexity index is 540. The number of nitrogens with zero attached hydrogens (tertiary/aromatic N) is 4. The molecule has 0 unspecified atom stereocenters. The number of carbonyl (C=O) groups excluding carboxylic acids is 1. The highest BCUT2D eigenvalue weighted by Gasteiger charge is 2.11. The minimum absolute atomic E-state index is 0.142. The van der Waals surface area contributed by atoms with E-state index < -0.39 is 0 Å². The highest BCUT2D eigenvalue weighted by atomic mass is 16.1. The van der Waals surface area contributed by atoms with E-state index in [1.54, 1.807) is 35.4 Å². The van der Waals surface area contributed by atoms with Crippen LogP contribution in [0.4, 0.5) is 5.82 Å². The predicted molar refractivity (Wildman–Crippen MR) is 75.4 cm³/mol. The predicted octanol–water partition coefficient (Wildman–Crippen LogP) is 0.925. The lowest BCUT2D eigenvalue weighted by Gasteiger charge is -2.10. The van der Waals surface area contributed by atoms with E-state index in [1.165, 1.54) is 0 Å². The number of hydrogen-bond donors (Lipinski definition) is 2. The smallest absolute Gasteiger partial charge is 0.255 e. The molecule has 0 saturated carbocycles. The number of hydrogen-bond acceptors (Lipinski definition) is 5. The summed E-state index contributed by atoms with van der Waals surface area (Å²) in [6, 6.07) is 3.51. The molecule has 2 heterocycles. The lowest BCUT2D eigenvalue weighted by molar-refractivity contribution is 0.0952. The lowest BCUT2D eigenvalue weighted by atomic mass is 10.2. The van der Waals surface area contributed by atoms with E-state index in [9.17, 15) is 4.79 Å². The molecule has 0 atom stereocenters. The Morgan fingerprint density at radius 3 is 3.00 bits per heavy atom. The van der Waals surface area contributed by atoms with Gasteiger partial charge in [-0.3, -0.25) is 9.48 Å². The van der Waals surface area contributed by atoms with Crippen LogP contribution in [-0.4, -0.2) is 39.0 Å². The highest BCUT2D eigenvalue weighted by Crippen LogP contribution is 2.10. The zero-order valence-electron chi connectivity index (χ0n) is 11.4. The molecule has 0 fully saturated rings. The van der Waals surface area contributed by atoms with Gasteiger partial charge in [-0.05, 0) is 18.6 Å². The minimum atomic E-state index is -0.142. The SMILES string of the molecule is CCCNc1ncccc1C(=O)NCCn1ccnn1. The summed E-state index contributed by atoms with van der Waals surface area (Å²) in [6.45, 7) is 3.93. The highest BCUT2D eigenvalue weighted by molar-refractivity contribution is 5.98. The molecule has 0 saturated heterocycles. The van der Waals surface area contributed by atoms with Crippen molar-refractivity contribution in [2.24, 2.45) is 0 Å². The van der Waals surface area contributed by atoms with E-state index in [1.807, 2.05) is 0 Å². The third-order valence-electron chi connectivity index (χ3n) is 2.69. The van der Waals surface area contributed by atoms with Crippen molar-refractivity contribution in [3.8, 4) is 0 Å². The normalized spacial score (nSPS) is 10.2. The van der Waals surface area contributed by atoms with Crippen LogP contribution in [-0.2, 0) is 6.54 Å². The zero-order chi connectivity index (χ0) is 14.2. The van der Waals surface area contributed by atoms with Crippen molar-refractivity contribution in [1.82, 2.24) is 25.3 Å². The van der Waals surface area contributed by atoms with Crippen LogP contribution in [0, 0.1) is 0 Å². The number of amides is 1. The lowest BCUT2D eigenvalue weighted by Crippen LogP contribution is -2.28. The van der Waals surface area contributed by atoms with Crippen LogP contribution in [0.15, 0.2) is 30.7 Å². The van der Waals surface area contributed by atoms with Gasteiger partial charge in [-0.15, -0.1) is 5.10 Å². The average Bonchev–Trinajstić information content (AvgIpc) is 2.98. The maximum absolute atomic E-state index is 12.1. The monoisotopic (exact) mass is 274 g/mol. The Balaban J connectivity index is 1.91. The van der Waals surface area contributed by atoms with Crippen LogP contribution >= 0.6 is 0 Å². The number of anilines is 1. The Labute approximate surface area is 117 Å². The Morgan fingerprint density at radius 2 is 2.25 bits per heavy atom. The summed E-state index contributed by atoms with van der Waals surface area (Å²) in [6.07, 6.45) is 6.01. The summed E-state index contributed by atoms with van der Waals surface area (Å²) < 4.78 is 1.67. The van der Waals surface area contributed by atoms with Crippen molar-refractivity contribution < 1.29 is 4.79 Å². The van der Waals surface area contributed by atoms with Gasteiger partial charge in [0.2, 0.25) is 0 Å². The van der Waals surface area contributed by atoms with E-state index in [4.69, 9.17) is 0 Å². The van der Waals surface area contributed by atoms with Gasteiger partial charge in [-0.1, -0.05) is 12.1 Å². The average molecular weight is 274 g/mol. The molecule has 2 rings (SSSR count). The molecule has 0 aliphatic heterocycles. The van der Waals surface area contributed by atoms with Crippen LogP contribution in [0.25, 0.3) is 0 Å². The molecule has 7 heteroatoms. The standard InChI is InChI=1S/C13H18N6O/c1-2-5-14-12-11(4-3-6-15-12)13(20)16-7-9-19-10-8-17-18-19/h3-4,6,8,10H,2,5,7,9H2,1H3,(H,14,15)(H,16,20). The number of carbonyl (C=O) groups is 1. The third-order valence-corrected chi connectivity index (χ3v) is 2.69. The minimum Gasteiger partial charge on any atom is -0.369 e. The zero-order valence-corrected chi connectivity index (χ0v) is 11.4. The summed E-state index contributed by atoms with van der Waals surface area (Å²) in [5.74, 6) is 0.476. The summed E-state index contributed by atoms with van der Waals surface area (Å²) >= 11 is 0. The van der Waals surface area contributed by atoms with Gasteiger partial charge in [0.1, 0.15) is 5.82 Å². The van der Waals surface area contributed by atoms with Gasteiger partial charge in [0.25, 0.3) is 5.91 Å². The largest absolute Gasteiger partial charge is 0.369 e. The molecule has 0 spiro atoms. The van der Waals surface area contributed by atoms with Gasteiger partial charge in [0.05, 0.1) is 18.3 Å². The van der Waals surface area contributed by atoms with Crippen molar-refractivity contribution in [2.45, 2.75) is 19.9 Å². The van der Waals surface area contributed by atoms with Crippen molar-refractivity contribution in [2.75, 3.05) is 18.4 Å². The maximum atomic E-state index is 12.1. The number of aromatic nitrogens is 4. The fourth-order valence-corrected chi connectivity index (χ4v) is 1.70. The van der Waals surface area contributed by atoms with Gasteiger partial charge in [0, 0.05) is 25.5 Å². The van der Waals surface area contributed by atoms with E-state index >= 15 is 0 Å². The molecule has 0 radical (unpaired) electrons. The molecule has 2 N–H and O–H groups in total. The maximum Gasteiger partial charge on any atom is 0.255 e. The summed E-state index contributed by atoms with van der Waals surface area (Å²) in [5.41, 5.74) is 0.555. The summed E-state index contributed by atoms with van der Waals surface area (Å²) in [7, 11) is 0. The molecule has 0 aliphatic rings. The first-order valence-corrected chi connectivity index (χ1v) is 6.62. The fourth-order valence-electron chi connectivity index (χ4n) is 1.70. The quantitative estimate of drug-likeness (QED) is 0.784. The number of pyridine rings is 1. The Hall–Kier alpha value is -2.44.